The lowest BCUT2D eigenvalue weighted by molar-refractivity contribution is -0.113. The Morgan fingerprint density at radius 3 is 2.95 bits per heavy atom. The molecule has 112 valence electrons. The normalized spacial score (nSPS) is 13.0. The summed E-state index contributed by atoms with van der Waals surface area (Å²) in [5, 5.41) is 3.51. The van der Waals surface area contributed by atoms with E-state index in [0.29, 0.717) is 16.3 Å². The number of halogens is 2. The van der Waals surface area contributed by atoms with Crippen molar-refractivity contribution in [2.24, 2.45) is 0 Å². The maximum absolute atomic E-state index is 12.4. The molecular formula is C17H13BrClNO2. The summed E-state index contributed by atoms with van der Waals surface area (Å²) in [6, 6.07) is 11.1. The minimum atomic E-state index is -0.184. The maximum atomic E-state index is 12.4. The summed E-state index contributed by atoms with van der Waals surface area (Å²) in [5.41, 5.74) is 3.01. The number of benzene rings is 2. The Morgan fingerprint density at radius 2 is 2.14 bits per heavy atom. The molecule has 0 fully saturated rings. The highest BCUT2D eigenvalue weighted by Gasteiger charge is 2.18. The number of hydrogen-bond donors (Lipinski definition) is 1. The molecule has 1 aliphatic heterocycles. The highest BCUT2D eigenvalue weighted by molar-refractivity contribution is 9.10. The van der Waals surface area contributed by atoms with E-state index in [1.165, 1.54) is 0 Å². The molecule has 1 aliphatic rings. The van der Waals surface area contributed by atoms with Gasteiger partial charge < -0.3 is 10.1 Å². The van der Waals surface area contributed by atoms with Crippen LogP contribution in [0.15, 0.2) is 46.4 Å². The van der Waals surface area contributed by atoms with E-state index in [1.54, 1.807) is 6.07 Å². The van der Waals surface area contributed by atoms with Crippen molar-refractivity contribution in [3.63, 3.8) is 0 Å². The Hall–Kier alpha value is -1.78. The lowest BCUT2D eigenvalue weighted by atomic mass is 10.1. The van der Waals surface area contributed by atoms with Gasteiger partial charge in [-0.25, -0.2) is 0 Å². The average molecular weight is 379 g/mol. The highest BCUT2D eigenvalue weighted by atomic mass is 79.9. The average Bonchev–Trinajstić information content (AvgIpc) is 2.51. The molecule has 2 aromatic rings. The minimum absolute atomic E-state index is 0.184. The van der Waals surface area contributed by atoms with Crippen molar-refractivity contribution >= 4 is 45.2 Å². The van der Waals surface area contributed by atoms with Gasteiger partial charge in [-0.3, -0.25) is 4.79 Å². The van der Waals surface area contributed by atoms with Crippen molar-refractivity contribution in [3.05, 3.63) is 62.6 Å². The first-order valence-corrected chi connectivity index (χ1v) is 7.91. The predicted octanol–water partition coefficient (Wildman–Crippen LogP) is 4.83. The van der Waals surface area contributed by atoms with Gasteiger partial charge in [-0.15, -0.1) is 0 Å². The van der Waals surface area contributed by atoms with E-state index in [1.807, 2.05) is 43.3 Å². The Balaban J connectivity index is 1.85. The Morgan fingerprint density at radius 1 is 1.32 bits per heavy atom. The van der Waals surface area contributed by atoms with Gasteiger partial charge in [0.05, 0.1) is 5.57 Å². The number of rotatable bonds is 2. The highest BCUT2D eigenvalue weighted by Crippen LogP contribution is 2.30. The first-order valence-electron chi connectivity index (χ1n) is 6.74. The topological polar surface area (TPSA) is 38.3 Å². The number of carbonyl (C=O) groups is 1. The summed E-state index contributed by atoms with van der Waals surface area (Å²) >= 11 is 9.49. The summed E-state index contributed by atoms with van der Waals surface area (Å²) in [5.74, 6) is 0.592. The van der Waals surface area contributed by atoms with E-state index in [0.717, 1.165) is 21.3 Å². The fourth-order valence-electron chi connectivity index (χ4n) is 2.23. The van der Waals surface area contributed by atoms with E-state index in [4.69, 9.17) is 16.3 Å². The number of nitrogens with one attached hydrogen (secondary N) is 1. The summed E-state index contributed by atoms with van der Waals surface area (Å²) in [4.78, 5) is 12.4. The van der Waals surface area contributed by atoms with Gasteiger partial charge in [0, 0.05) is 20.7 Å². The van der Waals surface area contributed by atoms with Gasteiger partial charge in [-0.2, -0.15) is 0 Å². The fourth-order valence-corrected chi connectivity index (χ4v) is 2.78. The van der Waals surface area contributed by atoms with Crippen LogP contribution in [0.5, 0.6) is 5.75 Å². The van der Waals surface area contributed by atoms with E-state index < -0.39 is 0 Å². The molecule has 0 saturated carbocycles. The van der Waals surface area contributed by atoms with Gasteiger partial charge >= 0.3 is 0 Å². The van der Waals surface area contributed by atoms with Crippen LogP contribution >= 0.6 is 27.5 Å². The molecule has 1 heterocycles. The second-order valence-corrected chi connectivity index (χ2v) is 6.33. The van der Waals surface area contributed by atoms with Crippen LogP contribution in [0.1, 0.15) is 11.1 Å². The monoisotopic (exact) mass is 377 g/mol. The number of amides is 1. The molecule has 0 aromatic heterocycles. The largest absolute Gasteiger partial charge is 0.488 e. The molecule has 1 amide bonds. The molecule has 2 aromatic carbocycles. The predicted molar refractivity (Wildman–Crippen MR) is 92.4 cm³/mol. The van der Waals surface area contributed by atoms with Gasteiger partial charge in [0.25, 0.3) is 5.91 Å². The fraction of sp³-hybridized carbons (Fsp3) is 0.118. The number of fused-ring (bicyclic) bond motifs is 1. The lowest BCUT2D eigenvalue weighted by Gasteiger charge is -2.18. The Kier molecular flexibility index (Phi) is 4.23. The summed E-state index contributed by atoms with van der Waals surface area (Å²) in [6.07, 6.45) is 1.85. The van der Waals surface area contributed by atoms with Gasteiger partial charge in [-0.1, -0.05) is 33.6 Å². The Bertz CT molecular complexity index is 786. The summed E-state index contributed by atoms with van der Waals surface area (Å²) in [7, 11) is 0. The molecule has 0 spiro atoms. The first-order chi connectivity index (χ1) is 10.5. The zero-order chi connectivity index (χ0) is 15.7. The summed E-state index contributed by atoms with van der Waals surface area (Å²) in [6.45, 7) is 2.12. The van der Waals surface area contributed by atoms with Crippen LogP contribution in [0.4, 0.5) is 5.69 Å². The molecule has 3 rings (SSSR count). The van der Waals surface area contributed by atoms with Crippen LogP contribution in [0.3, 0.4) is 0 Å². The minimum Gasteiger partial charge on any atom is -0.488 e. The molecule has 0 aliphatic carbocycles. The zero-order valence-electron chi connectivity index (χ0n) is 11.8. The van der Waals surface area contributed by atoms with Crippen molar-refractivity contribution in [1.82, 2.24) is 0 Å². The number of hydrogen-bond acceptors (Lipinski definition) is 2. The molecule has 0 saturated heterocycles. The van der Waals surface area contributed by atoms with Crippen LogP contribution in [0.25, 0.3) is 6.08 Å². The zero-order valence-corrected chi connectivity index (χ0v) is 14.2. The second kappa shape index (κ2) is 6.15. The van der Waals surface area contributed by atoms with E-state index >= 15 is 0 Å². The molecular weight excluding hydrogens is 366 g/mol. The molecule has 0 radical (unpaired) electrons. The van der Waals surface area contributed by atoms with Crippen LogP contribution in [0, 0.1) is 6.92 Å². The van der Waals surface area contributed by atoms with Crippen molar-refractivity contribution < 1.29 is 9.53 Å². The SMILES string of the molecule is Cc1c(Cl)cccc1NC(=O)C1=Cc2cc(Br)ccc2OC1. The first kappa shape index (κ1) is 15.1. The van der Waals surface area contributed by atoms with Crippen molar-refractivity contribution in [2.75, 3.05) is 11.9 Å². The lowest BCUT2D eigenvalue weighted by Crippen LogP contribution is -2.21. The molecule has 5 heteroatoms. The smallest absolute Gasteiger partial charge is 0.255 e. The van der Waals surface area contributed by atoms with Gasteiger partial charge in [-0.05, 0) is 48.9 Å². The quantitative estimate of drug-likeness (QED) is 0.813. The summed E-state index contributed by atoms with van der Waals surface area (Å²) < 4.78 is 6.57. The number of anilines is 1. The van der Waals surface area contributed by atoms with E-state index in [9.17, 15) is 4.79 Å². The number of ether oxygens (including phenoxy) is 1. The molecule has 0 unspecified atom stereocenters. The van der Waals surface area contributed by atoms with Gasteiger partial charge in [0.2, 0.25) is 0 Å². The molecule has 0 bridgehead atoms. The number of carbonyl (C=O) groups excluding carboxylic acids is 1. The van der Waals surface area contributed by atoms with Crippen molar-refractivity contribution in [1.29, 1.82) is 0 Å². The van der Waals surface area contributed by atoms with Crippen molar-refractivity contribution in [3.8, 4) is 5.75 Å². The van der Waals surface area contributed by atoms with Gasteiger partial charge in [0.15, 0.2) is 0 Å². The molecule has 0 atom stereocenters. The van der Waals surface area contributed by atoms with E-state index in [2.05, 4.69) is 21.2 Å². The van der Waals surface area contributed by atoms with Crippen LogP contribution in [0.2, 0.25) is 5.02 Å². The molecule has 22 heavy (non-hydrogen) atoms. The van der Waals surface area contributed by atoms with Gasteiger partial charge in [0.1, 0.15) is 12.4 Å². The third-order valence-corrected chi connectivity index (χ3v) is 4.39. The van der Waals surface area contributed by atoms with Crippen LogP contribution in [-0.4, -0.2) is 12.5 Å². The van der Waals surface area contributed by atoms with E-state index in [-0.39, 0.29) is 12.5 Å². The second-order valence-electron chi connectivity index (χ2n) is 5.01. The Labute approximate surface area is 142 Å². The van der Waals surface area contributed by atoms with Crippen LogP contribution < -0.4 is 10.1 Å². The molecule has 3 nitrogen and oxygen atoms in total. The standard InChI is InChI=1S/C17H13BrClNO2/c1-10-14(19)3-2-4-15(10)20-17(21)12-7-11-8-13(18)5-6-16(11)22-9-12/h2-8H,9H2,1H3,(H,20,21). The third kappa shape index (κ3) is 3.03. The maximum Gasteiger partial charge on any atom is 0.255 e. The third-order valence-electron chi connectivity index (χ3n) is 3.49. The van der Waals surface area contributed by atoms with Crippen LogP contribution in [-0.2, 0) is 4.79 Å². The van der Waals surface area contributed by atoms with Crippen molar-refractivity contribution in [2.45, 2.75) is 6.92 Å². The molecule has 1 N–H and O–H groups in total.